The summed E-state index contributed by atoms with van der Waals surface area (Å²) in [6.45, 7) is 2.10. The third kappa shape index (κ3) is 3.31. The van der Waals surface area contributed by atoms with Crippen LogP contribution in [0.4, 0.5) is 5.13 Å². The highest BCUT2D eigenvalue weighted by atomic mass is 79.9. The van der Waals surface area contributed by atoms with Gasteiger partial charge >= 0.3 is 11.0 Å². The molecule has 0 atom stereocenters. The first-order valence-electron chi connectivity index (χ1n) is 6.51. The largest absolute Gasteiger partial charge is 1.00 e. The molecule has 0 bridgehead atoms. The van der Waals surface area contributed by atoms with E-state index in [4.69, 9.17) is 0 Å². The third-order valence-electron chi connectivity index (χ3n) is 3.09. The van der Waals surface area contributed by atoms with Gasteiger partial charge in [-0.15, -0.1) is 3.96 Å². The molecule has 1 heterocycles. The van der Waals surface area contributed by atoms with Crippen LogP contribution in [0.15, 0.2) is 54.6 Å². The van der Waals surface area contributed by atoms with Crippen molar-refractivity contribution in [2.24, 2.45) is 0 Å². The van der Waals surface area contributed by atoms with Gasteiger partial charge in [0.1, 0.15) is 17.2 Å². The van der Waals surface area contributed by atoms with Gasteiger partial charge in [0, 0.05) is 7.05 Å². The Morgan fingerprint density at radius 2 is 1.67 bits per heavy atom. The average Bonchev–Trinajstić information content (AvgIpc) is 2.93. The zero-order valence-electron chi connectivity index (χ0n) is 11.9. The fourth-order valence-electron chi connectivity index (χ4n) is 2.02. The SMILES string of the molecule is CNc1nc(-c2ccccc2)[n+](-c2ccc(C)cc2)s1.[Br-]. The Hall–Kier alpha value is -1.72. The maximum absolute atomic E-state index is 4.67. The number of anilines is 1. The smallest absolute Gasteiger partial charge is 0.350 e. The quantitative estimate of drug-likeness (QED) is 0.686. The summed E-state index contributed by atoms with van der Waals surface area (Å²) < 4.78 is 2.15. The van der Waals surface area contributed by atoms with Crippen molar-refractivity contribution in [2.75, 3.05) is 12.4 Å². The number of nitrogens with one attached hydrogen (secondary N) is 1. The van der Waals surface area contributed by atoms with E-state index in [1.54, 1.807) is 11.5 Å². The molecule has 3 aromatic rings. The lowest BCUT2D eigenvalue weighted by Gasteiger charge is -1.98. The lowest BCUT2D eigenvalue weighted by atomic mass is 10.2. The van der Waals surface area contributed by atoms with Crippen LogP contribution in [0.25, 0.3) is 17.1 Å². The predicted octanol–water partition coefficient (Wildman–Crippen LogP) is 0.441. The molecule has 0 aliphatic rings. The molecule has 3 nitrogen and oxygen atoms in total. The highest BCUT2D eigenvalue weighted by molar-refractivity contribution is 7.06. The summed E-state index contributed by atoms with van der Waals surface area (Å²) in [5.41, 5.74) is 3.51. The van der Waals surface area contributed by atoms with E-state index in [0.717, 1.165) is 22.2 Å². The summed E-state index contributed by atoms with van der Waals surface area (Å²) in [4.78, 5) is 4.67. The lowest BCUT2D eigenvalue weighted by Crippen LogP contribution is -3.00. The summed E-state index contributed by atoms with van der Waals surface area (Å²) in [5.74, 6) is 0.962. The van der Waals surface area contributed by atoms with Gasteiger partial charge in [-0.05, 0) is 36.2 Å². The summed E-state index contributed by atoms with van der Waals surface area (Å²) >= 11 is 1.61. The molecular formula is C16H16BrN3S. The zero-order chi connectivity index (χ0) is 13.9. The van der Waals surface area contributed by atoms with E-state index in [1.165, 1.54) is 5.56 Å². The molecule has 1 aromatic heterocycles. The molecule has 0 amide bonds. The van der Waals surface area contributed by atoms with Gasteiger partial charge in [-0.2, -0.15) is 0 Å². The minimum atomic E-state index is 0. The van der Waals surface area contributed by atoms with E-state index in [1.807, 2.05) is 25.2 Å². The van der Waals surface area contributed by atoms with E-state index < -0.39 is 0 Å². The highest BCUT2D eigenvalue weighted by Crippen LogP contribution is 2.21. The molecule has 0 unspecified atom stereocenters. The second kappa shape index (κ2) is 6.83. The van der Waals surface area contributed by atoms with Crippen molar-refractivity contribution < 1.29 is 20.9 Å². The van der Waals surface area contributed by atoms with Crippen molar-refractivity contribution in [3.05, 3.63) is 60.2 Å². The van der Waals surface area contributed by atoms with Crippen LogP contribution in [-0.2, 0) is 0 Å². The van der Waals surface area contributed by atoms with E-state index in [9.17, 15) is 0 Å². The number of aromatic nitrogens is 2. The summed E-state index contributed by atoms with van der Waals surface area (Å²) in [6.07, 6.45) is 0. The topological polar surface area (TPSA) is 28.8 Å². The first-order valence-corrected chi connectivity index (χ1v) is 7.29. The fourth-order valence-corrected chi connectivity index (χ4v) is 2.87. The Morgan fingerprint density at radius 1 is 1.00 bits per heavy atom. The molecule has 0 spiro atoms. The van der Waals surface area contributed by atoms with E-state index >= 15 is 0 Å². The molecule has 3 rings (SSSR count). The van der Waals surface area contributed by atoms with Gasteiger partial charge in [-0.3, -0.25) is 0 Å². The molecule has 0 saturated heterocycles. The Morgan fingerprint density at radius 3 is 2.29 bits per heavy atom. The number of hydrogen-bond donors (Lipinski definition) is 1. The Kier molecular flexibility index (Phi) is 5.09. The maximum Gasteiger partial charge on any atom is 0.350 e. The molecule has 0 aliphatic carbocycles. The number of nitrogens with zero attached hydrogens (tertiary/aromatic N) is 2. The molecular weight excluding hydrogens is 346 g/mol. The normalized spacial score (nSPS) is 10.0. The Balaban J connectivity index is 0.00000161. The average molecular weight is 362 g/mol. The van der Waals surface area contributed by atoms with Crippen molar-refractivity contribution >= 4 is 16.7 Å². The maximum atomic E-state index is 4.67. The van der Waals surface area contributed by atoms with Crippen molar-refractivity contribution in [3.63, 3.8) is 0 Å². The predicted molar refractivity (Wildman–Crippen MR) is 83.4 cm³/mol. The monoisotopic (exact) mass is 361 g/mol. The van der Waals surface area contributed by atoms with Crippen LogP contribution >= 0.6 is 11.5 Å². The van der Waals surface area contributed by atoms with Gasteiger partial charge in [0.05, 0.1) is 5.56 Å². The highest BCUT2D eigenvalue weighted by Gasteiger charge is 2.23. The second-order valence-corrected chi connectivity index (χ2v) is 5.51. The molecule has 0 fully saturated rings. The molecule has 0 saturated carbocycles. The van der Waals surface area contributed by atoms with Crippen LogP contribution in [0.1, 0.15) is 5.56 Å². The van der Waals surface area contributed by atoms with Crippen LogP contribution in [0.5, 0.6) is 0 Å². The van der Waals surface area contributed by atoms with Gasteiger partial charge < -0.3 is 22.3 Å². The van der Waals surface area contributed by atoms with E-state index in [2.05, 4.69) is 57.6 Å². The van der Waals surface area contributed by atoms with Gasteiger partial charge in [-0.25, -0.2) is 0 Å². The minimum absolute atomic E-state index is 0. The number of aryl methyl sites for hydroxylation is 1. The van der Waals surface area contributed by atoms with Crippen molar-refractivity contribution in [2.45, 2.75) is 6.92 Å². The van der Waals surface area contributed by atoms with Crippen LogP contribution < -0.4 is 26.3 Å². The molecule has 5 heteroatoms. The third-order valence-corrected chi connectivity index (χ3v) is 4.13. The summed E-state index contributed by atoms with van der Waals surface area (Å²) in [7, 11) is 1.90. The van der Waals surface area contributed by atoms with E-state index in [0.29, 0.717) is 0 Å². The van der Waals surface area contributed by atoms with Gasteiger partial charge in [0.25, 0.3) is 0 Å². The minimum Gasteiger partial charge on any atom is -1.00 e. The Labute approximate surface area is 139 Å². The van der Waals surface area contributed by atoms with Crippen LogP contribution in [-0.4, -0.2) is 12.0 Å². The number of hydrogen-bond acceptors (Lipinski definition) is 3. The zero-order valence-corrected chi connectivity index (χ0v) is 14.3. The number of benzene rings is 2. The lowest BCUT2D eigenvalue weighted by molar-refractivity contribution is -0.509. The molecule has 108 valence electrons. The molecule has 0 aliphatic heterocycles. The van der Waals surface area contributed by atoms with Crippen molar-refractivity contribution in [1.29, 1.82) is 0 Å². The van der Waals surface area contributed by atoms with Gasteiger partial charge in [0.15, 0.2) is 0 Å². The van der Waals surface area contributed by atoms with Crippen LogP contribution in [0.3, 0.4) is 0 Å². The summed E-state index contributed by atoms with van der Waals surface area (Å²) in [6, 6.07) is 18.7. The number of rotatable bonds is 3. The van der Waals surface area contributed by atoms with Crippen molar-refractivity contribution in [3.8, 4) is 17.1 Å². The molecule has 2 aromatic carbocycles. The summed E-state index contributed by atoms with van der Waals surface area (Å²) in [5, 5.41) is 4.03. The van der Waals surface area contributed by atoms with Crippen LogP contribution in [0.2, 0.25) is 0 Å². The molecule has 0 radical (unpaired) electrons. The van der Waals surface area contributed by atoms with Gasteiger partial charge in [-0.1, -0.05) is 35.9 Å². The second-order valence-electron chi connectivity index (χ2n) is 4.58. The van der Waals surface area contributed by atoms with Gasteiger partial charge in [0.2, 0.25) is 0 Å². The first-order chi connectivity index (χ1) is 9.78. The standard InChI is InChI=1S/C16H15N3S.BrH/c1-12-8-10-14(11-9-12)19-15(18-16(17-2)20-19)13-6-4-3-5-7-13;/h3-11H,1-2H3;1H. The number of halogens is 1. The molecule has 1 N–H and O–H groups in total. The van der Waals surface area contributed by atoms with Crippen molar-refractivity contribution in [1.82, 2.24) is 4.98 Å². The first kappa shape index (κ1) is 15.7. The molecule has 21 heavy (non-hydrogen) atoms. The fraction of sp³-hybridized carbons (Fsp3) is 0.125. The Bertz CT molecular complexity index is 708. The van der Waals surface area contributed by atoms with E-state index in [-0.39, 0.29) is 17.0 Å². The van der Waals surface area contributed by atoms with Crippen LogP contribution in [0, 0.1) is 6.92 Å².